The zero-order valence-electron chi connectivity index (χ0n) is 9.40. The van der Waals surface area contributed by atoms with E-state index in [1.807, 2.05) is 30.3 Å². The summed E-state index contributed by atoms with van der Waals surface area (Å²) in [6, 6.07) is 9.70. The zero-order valence-corrected chi connectivity index (χ0v) is 10.2. The van der Waals surface area contributed by atoms with Crippen LogP contribution in [0.2, 0.25) is 0 Å². The van der Waals surface area contributed by atoms with Crippen LogP contribution in [0.4, 0.5) is 0 Å². The van der Waals surface area contributed by atoms with E-state index in [2.05, 4.69) is 10.9 Å². The van der Waals surface area contributed by atoms with E-state index in [1.165, 1.54) is 0 Å². The van der Waals surface area contributed by atoms with Gasteiger partial charge in [0.1, 0.15) is 4.99 Å². The number of hydrazine groups is 1. The Balaban J connectivity index is 1.91. The van der Waals surface area contributed by atoms with Crippen molar-refractivity contribution in [3.05, 3.63) is 47.7 Å². The van der Waals surface area contributed by atoms with Gasteiger partial charge in [0, 0.05) is 23.8 Å². The number of hydrogen-bond acceptors (Lipinski definition) is 3. The number of hydrogen-bond donors (Lipinski definition) is 2. The Morgan fingerprint density at radius 1 is 1.18 bits per heavy atom. The van der Waals surface area contributed by atoms with E-state index in [0.717, 1.165) is 24.1 Å². The minimum Gasteiger partial charge on any atom is -0.304 e. The van der Waals surface area contributed by atoms with E-state index in [-0.39, 0.29) is 5.78 Å². The van der Waals surface area contributed by atoms with Gasteiger partial charge in [0.15, 0.2) is 5.78 Å². The Morgan fingerprint density at radius 3 is 2.65 bits per heavy atom. The van der Waals surface area contributed by atoms with Crippen molar-refractivity contribution in [3.8, 4) is 0 Å². The molecular formula is C13H14N2OS. The van der Waals surface area contributed by atoms with E-state index in [4.69, 9.17) is 12.2 Å². The molecule has 0 fully saturated rings. The molecule has 0 saturated heterocycles. The number of carbonyl (C=O) groups excluding carboxylic acids is 1. The molecule has 0 aromatic heterocycles. The molecule has 4 heteroatoms. The minimum atomic E-state index is 0.172. The summed E-state index contributed by atoms with van der Waals surface area (Å²) in [4.78, 5) is 11.8. The van der Waals surface area contributed by atoms with Crippen LogP contribution in [0.3, 0.4) is 0 Å². The van der Waals surface area contributed by atoms with Crippen LogP contribution in [0.1, 0.15) is 24.8 Å². The molecule has 0 bridgehead atoms. The molecule has 17 heavy (non-hydrogen) atoms. The molecule has 0 radical (unpaired) electrons. The van der Waals surface area contributed by atoms with E-state index < -0.39 is 0 Å². The second kappa shape index (κ2) is 5.59. The lowest BCUT2D eigenvalue weighted by molar-refractivity contribution is -0.115. The van der Waals surface area contributed by atoms with Crippen LogP contribution in [-0.2, 0) is 4.79 Å². The molecule has 0 unspecified atom stereocenters. The number of ketones is 1. The zero-order chi connectivity index (χ0) is 12.1. The van der Waals surface area contributed by atoms with Crippen molar-refractivity contribution in [2.75, 3.05) is 0 Å². The Labute approximate surface area is 106 Å². The largest absolute Gasteiger partial charge is 0.304 e. The predicted octanol–water partition coefficient (Wildman–Crippen LogP) is 2.09. The lowest BCUT2D eigenvalue weighted by Crippen LogP contribution is -2.37. The molecule has 88 valence electrons. The number of allylic oxidation sites excluding steroid dienone is 2. The first-order chi connectivity index (χ1) is 8.25. The fourth-order valence-corrected chi connectivity index (χ4v) is 1.88. The van der Waals surface area contributed by atoms with Crippen LogP contribution in [0.5, 0.6) is 0 Å². The van der Waals surface area contributed by atoms with Crippen molar-refractivity contribution in [3.63, 3.8) is 0 Å². The van der Waals surface area contributed by atoms with Crippen LogP contribution in [0.15, 0.2) is 42.1 Å². The van der Waals surface area contributed by atoms with Crippen LogP contribution in [-0.4, -0.2) is 10.8 Å². The second-order valence-corrected chi connectivity index (χ2v) is 4.34. The summed E-state index contributed by atoms with van der Waals surface area (Å²) in [6.45, 7) is 0. The standard InChI is InChI=1S/C13H14N2OS/c16-12-8-4-7-11(9-12)14-15-13(17)10-5-2-1-3-6-10/h1-3,5-6,9,14H,4,7-8H2,(H,15,17). The number of rotatable bonds is 3. The number of benzene rings is 1. The van der Waals surface area contributed by atoms with E-state index in [9.17, 15) is 4.79 Å². The fourth-order valence-electron chi connectivity index (χ4n) is 1.69. The van der Waals surface area contributed by atoms with Gasteiger partial charge in [-0.15, -0.1) is 0 Å². The first-order valence-electron chi connectivity index (χ1n) is 5.60. The quantitative estimate of drug-likeness (QED) is 0.633. The highest BCUT2D eigenvalue weighted by Gasteiger charge is 2.09. The van der Waals surface area contributed by atoms with Crippen molar-refractivity contribution >= 4 is 23.0 Å². The second-order valence-electron chi connectivity index (χ2n) is 3.93. The van der Waals surface area contributed by atoms with Gasteiger partial charge in [0.2, 0.25) is 0 Å². The summed E-state index contributed by atoms with van der Waals surface area (Å²) in [7, 11) is 0. The molecule has 1 aromatic rings. The topological polar surface area (TPSA) is 41.1 Å². The van der Waals surface area contributed by atoms with Gasteiger partial charge >= 0.3 is 0 Å². The van der Waals surface area contributed by atoms with Gasteiger partial charge in [-0.3, -0.25) is 10.2 Å². The summed E-state index contributed by atoms with van der Waals surface area (Å²) >= 11 is 5.23. The average Bonchev–Trinajstić information content (AvgIpc) is 2.37. The molecule has 1 aliphatic rings. The molecule has 2 N–H and O–H groups in total. The van der Waals surface area contributed by atoms with Gasteiger partial charge in [-0.1, -0.05) is 42.5 Å². The molecule has 0 aliphatic heterocycles. The fraction of sp³-hybridized carbons (Fsp3) is 0.231. The van der Waals surface area contributed by atoms with Crippen LogP contribution >= 0.6 is 12.2 Å². The van der Waals surface area contributed by atoms with Gasteiger partial charge in [-0.25, -0.2) is 0 Å². The van der Waals surface area contributed by atoms with Gasteiger partial charge in [0.05, 0.1) is 0 Å². The minimum absolute atomic E-state index is 0.172. The average molecular weight is 246 g/mol. The van der Waals surface area contributed by atoms with E-state index in [1.54, 1.807) is 6.08 Å². The lowest BCUT2D eigenvalue weighted by Gasteiger charge is -2.16. The Bertz CT molecular complexity index is 454. The third kappa shape index (κ3) is 3.39. The smallest absolute Gasteiger partial charge is 0.157 e. The van der Waals surface area contributed by atoms with Crippen molar-refractivity contribution in [1.82, 2.24) is 10.9 Å². The summed E-state index contributed by atoms with van der Waals surface area (Å²) < 4.78 is 0. The van der Waals surface area contributed by atoms with Crippen LogP contribution in [0.25, 0.3) is 0 Å². The predicted molar refractivity (Wildman–Crippen MR) is 71.4 cm³/mol. The molecule has 0 saturated carbocycles. The molecule has 0 amide bonds. The van der Waals surface area contributed by atoms with E-state index >= 15 is 0 Å². The summed E-state index contributed by atoms with van der Waals surface area (Å²) in [5, 5.41) is 0. The summed E-state index contributed by atoms with van der Waals surface area (Å²) in [5.41, 5.74) is 7.81. The Hall–Kier alpha value is -1.68. The maximum absolute atomic E-state index is 11.2. The molecule has 0 atom stereocenters. The maximum atomic E-state index is 11.2. The molecule has 0 spiro atoms. The highest BCUT2D eigenvalue weighted by molar-refractivity contribution is 7.80. The van der Waals surface area contributed by atoms with Gasteiger partial charge < -0.3 is 5.43 Å². The van der Waals surface area contributed by atoms with Crippen molar-refractivity contribution in [1.29, 1.82) is 0 Å². The van der Waals surface area contributed by atoms with Gasteiger partial charge in [-0.05, 0) is 12.8 Å². The first-order valence-corrected chi connectivity index (χ1v) is 6.01. The highest BCUT2D eigenvalue weighted by atomic mass is 32.1. The molecule has 0 heterocycles. The third-order valence-corrected chi connectivity index (χ3v) is 2.91. The third-order valence-electron chi connectivity index (χ3n) is 2.58. The van der Waals surface area contributed by atoms with Crippen molar-refractivity contribution in [2.45, 2.75) is 19.3 Å². The van der Waals surface area contributed by atoms with Crippen molar-refractivity contribution in [2.24, 2.45) is 0 Å². The van der Waals surface area contributed by atoms with Crippen LogP contribution < -0.4 is 10.9 Å². The molecule has 1 aromatic carbocycles. The van der Waals surface area contributed by atoms with Crippen molar-refractivity contribution < 1.29 is 4.79 Å². The lowest BCUT2D eigenvalue weighted by atomic mass is 10.0. The maximum Gasteiger partial charge on any atom is 0.157 e. The van der Waals surface area contributed by atoms with Crippen LogP contribution in [0, 0.1) is 0 Å². The molecule has 1 aliphatic carbocycles. The Morgan fingerprint density at radius 2 is 1.94 bits per heavy atom. The van der Waals surface area contributed by atoms with Gasteiger partial charge in [0.25, 0.3) is 0 Å². The molecule has 3 nitrogen and oxygen atoms in total. The number of nitrogens with one attached hydrogen (secondary N) is 2. The number of carbonyl (C=O) groups is 1. The SMILES string of the molecule is O=C1C=C(NNC(=S)c2ccccc2)CCC1. The summed E-state index contributed by atoms with van der Waals surface area (Å²) in [6.07, 6.45) is 4.08. The molecular weight excluding hydrogens is 232 g/mol. The molecule has 2 rings (SSSR count). The first kappa shape index (κ1) is 11.8. The normalized spacial score (nSPS) is 15.1. The van der Waals surface area contributed by atoms with E-state index in [0.29, 0.717) is 11.4 Å². The summed E-state index contributed by atoms with van der Waals surface area (Å²) in [5.74, 6) is 0.172. The monoisotopic (exact) mass is 246 g/mol. The van der Waals surface area contributed by atoms with Gasteiger partial charge in [-0.2, -0.15) is 0 Å². The Kier molecular flexibility index (Phi) is 3.88. The number of thiocarbonyl (C=S) groups is 1. The highest BCUT2D eigenvalue weighted by Crippen LogP contribution is 2.11.